The lowest BCUT2D eigenvalue weighted by atomic mass is 10.3. The van der Waals surface area contributed by atoms with E-state index in [1.807, 2.05) is 13.0 Å². The molecule has 0 bridgehead atoms. The molecule has 3 nitrogen and oxygen atoms in total. The van der Waals surface area contributed by atoms with Crippen LogP contribution in [0.1, 0.15) is 18.4 Å². The van der Waals surface area contributed by atoms with Crippen LogP contribution in [0, 0.1) is 6.92 Å². The third-order valence-electron chi connectivity index (χ3n) is 1.97. The highest BCUT2D eigenvalue weighted by atomic mass is 16.5. The largest absolute Gasteiger partial charge is 0.485 e. The van der Waals surface area contributed by atoms with Crippen molar-refractivity contribution < 1.29 is 9.47 Å². The molecule has 0 radical (unpaired) electrons. The van der Waals surface area contributed by atoms with Crippen LogP contribution in [0.3, 0.4) is 0 Å². The number of methoxy groups -OCH3 is 1. The molecule has 1 aliphatic rings. The van der Waals surface area contributed by atoms with E-state index in [4.69, 9.17) is 9.47 Å². The second kappa shape index (κ2) is 3.24. The Hall–Kier alpha value is -1.25. The highest BCUT2D eigenvalue weighted by molar-refractivity contribution is 5.36. The molecule has 13 heavy (non-hydrogen) atoms. The van der Waals surface area contributed by atoms with Crippen molar-refractivity contribution in [3.05, 3.63) is 17.8 Å². The topological polar surface area (TPSA) is 31.4 Å². The molecule has 0 atom stereocenters. The van der Waals surface area contributed by atoms with Crippen molar-refractivity contribution in [3.63, 3.8) is 0 Å². The van der Waals surface area contributed by atoms with E-state index in [1.165, 1.54) is 0 Å². The van der Waals surface area contributed by atoms with Crippen molar-refractivity contribution in [2.45, 2.75) is 25.9 Å². The van der Waals surface area contributed by atoms with Gasteiger partial charge in [-0.3, -0.25) is 0 Å². The third-order valence-corrected chi connectivity index (χ3v) is 1.97. The first-order valence-electron chi connectivity index (χ1n) is 4.47. The number of hydrogen-bond donors (Lipinski definition) is 0. The van der Waals surface area contributed by atoms with Crippen molar-refractivity contribution in [2.75, 3.05) is 7.11 Å². The van der Waals surface area contributed by atoms with Crippen molar-refractivity contribution in [1.29, 1.82) is 0 Å². The van der Waals surface area contributed by atoms with Gasteiger partial charge in [0.15, 0.2) is 5.75 Å². The SMILES string of the molecule is COc1ncc(C)cc1OC1CC1. The standard InChI is InChI=1S/C10H13NO2/c1-7-5-9(13-8-3-4-8)10(12-2)11-6-7/h5-6,8H,3-4H2,1-2H3. The molecule has 0 saturated heterocycles. The Balaban J connectivity index is 2.22. The minimum absolute atomic E-state index is 0.387. The van der Waals surface area contributed by atoms with E-state index in [-0.39, 0.29) is 0 Å². The number of aryl methyl sites for hydroxylation is 1. The third kappa shape index (κ3) is 1.91. The number of nitrogens with zero attached hydrogens (tertiary/aromatic N) is 1. The van der Waals surface area contributed by atoms with Crippen molar-refractivity contribution in [3.8, 4) is 11.6 Å². The smallest absolute Gasteiger partial charge is 0.256 e. The van der Waals surface area contributed by atoms with Crippen LogP contribution in [-0.2, 0) is 0 Å². The maximum absolute atomic E-state index is 5.64. The van der Waals surface area contributed by atoms with Gasteiger partial charge in [-0.25, -0.2) is 4.98 Å². The molecule has 1 aliphatic carbocycles. The maximum atomic E-state index is 5.64. The van der Waals surface area contributed by atoms with E-state index in [1.54, 1.807) is 13.3 Å². The van der Waals surface area contributed by atoms with E-state index in [9.17, 15) is 0 Å². The fraction of sp³-hybridized carbons (Fsp3) is 0.500. The zero-order valence-electron chi connectivity index (χ0n) is 7.91. The highest BCUT2D eigenvalue weighted by Crippen LogP contribution is 2.32. The monoisotopic (exact) mass is 179 g/mol. The Morgan fingerprint density at radius 2 is 2.23 bits per heavy atom. The molecule has 70 valence electrons. The van der Waals surface area contributed by atoms with Gasteiger partial charge in [0.2, 0.25) is 0 Å². The van der Waals surface area contributed by atoms with Gasteiger partial charge in [-0.2, -0.15) is 0 Å². The van der Waals surface area contributed by atoms with Crippen molar-refractivity contribution >= 4 is 0 Å². The number of pyridine rings is 1. The summed E-state index contributed by atoms with van der Waals surface area (Å²) < 4.78 is 10.7. The molecule has 1 fully saturated rings. The van der Waals surface area contributed by atoms with E-state index in [0.29, 0.717) is 12.0 Å². The average Bonchev–Trinajstić information content (AvgIpc) is 2.89. The molecule has 0 amide bonds. The average molecular weight is 179 g/mol. The van der Waals surface area contributed by atoms with Crippen LogP contribution in [0.5, 0.6) is 11.6 Å². The van der Waals surface area contributed by atoms with E-state index < -0.39 is 0 Å². The zero-order chi connectivity index (χ0) is 9.26. The number of aromatic nitrogens is 1. The summed E-state index contributed by atoms with van der Waals surface area (Å²) in [6.45, 7) is 1.99. The molecule has 1 aromatic heterocycles. The molecule has 0 N–H and O–H groups in total. The minimum atomic E-state index is 0.387. The molecule has 0 spiro atoms. The summed E-state index contributed by atoms with van der Waals surface area (Å²) in [6.07, 6.45) is 4.46. The number of hydrogen-bond acceptors (Lipinski definition) is 3. The van der Waals surface area contributed by atoms with Crippen LogP contribution in [0.2, 0.25) is 0 Å². The molecule has 1 saturated carbocycles. The molecule has 0 aromatic carbocycles. The second-order valence-electron chi connectivity index (χ2n) is 3.34. The first-order valence-corrected chi connectivity index (χ1v) is 4.47. The Morgan fingerprint density at radius 1 is 1.46 bits per heavy atom. The van der Waals surface area contributed by atoms with Crippen LogP contribution in [0.15, 0.2) is 12.3 Å². The Morgan fingerprint density at radius 3 is 2.85 bits per heavy atom. The lowest BCUT2D eigenvalue weighted by Crippen LogP contribution is -2.00. The quantitative estimate of drug-likeness (QED) is 0.710. The molecule has 3 heteroatoms. The van der Waals surface area contributed by atoms with Gasteiger partial charge in [0, 0.05) is 6.20 Å². The van der Waals surface area contributed by atoms with Crippen LogP contribution >= 0.6 is 0 Å². The zero-order valence-corrected chi connectivity index (χ0v) is 7.91. The number of ether oxygens (including phenoxy) is 2. The Bertz CT molecular complexity index is 308. The van der Waals surface area contributed by atoms with Gasteiger partial charge in [-0.1, -0.05) is 0 Å². The summed E-state index contributed by atoms with van der Waals surface area (Å²) in [6, 6.07) is 1.96. The molecule has 1 heterocycles. The van der Waals surface area contributed by atoms with E-state index in [0.717, 1.165) is 24.2 Å². The predicted octanol–water partition coefficient (Wildman–Crippen LogP) is 1.94. The first kappa shape index (κ1) is 8.35. The molecular formula is C10H13NO2. The van der Waals surface area contributed by atoms with Gasteiger partial charge in [0.05, 0.1) is 13.2 Å². The second-order valence-corrected chi connectivity index (χ2v) is 3.34. The maximum Gasteiger partial charge on any atom is 0.256 e. The van der Waals surface area contributed by atoms with Crippen LogP contribution < -0.4 is 9.47 Å². The van der Waals surface area contributed by atoms with Gasteiger partial charge in [0.1, 0.15) is 0 Å². The highest BCUT2D eigenvalue weighted by Gasteiger charge is 2.25. The van der Waals surface area contributed by atoms with Crippen LogP contribution in [0.25, 0.3) is 0 Å². The van der Waals surface area contributed by atoms with Gasteiger partial charge in [-0.15, -0.1) is 0 Å². The van der Waals surface area contributed by atoms with Gasteiger partial charge in [0.25, 0.3) is 5.88 Å². The van der Waals surface area contributed by atoms with Crippen molar-refractivity contribution in [1.82, 2.24) is 4.98 Å². The summed E-state index contributed by atoms with van der Waals surface area (Å²) >= 11 is 0. The van der Waals surface area contributed by atoms with Gasteiger partial charge >= 0.3 is 0 Å². The predicted molar refractivity (Wildman–Crippen MR) is 49.2 cm³/mol. The molecular weight excluding hydrogens is 166 g/mol. The molecule has 2 rings (SSSR count). The fourth-order valence-electron chi connectivity index (χ4n) is 1.13. The van der Waals surface area contributed by atoms with Crippen LogP contribution in [0.4, 0.5) is 0 Å². The summed E-state index contributed by atoms with van der Waals surface area (Å²) in [5, 5.41) is 0. The normalized spacial score (nSPS) is 15.5. The Labute approximate surface area is 77.7 Å². The lowest BCUT2D eigenvalue weighted by molar-refractivity contribution is 0.276. The Kier molecular flexibility index (Phi) is 2.08. The van der Waals surface area contributed by atoms with E-state index >= 15 is 0 Å². The summed E-state index contributed by atoms with van der Waals surface area (Å²) in [5.74, 6) is 1.35. The molecule has 1 aromatic rings. The number of rotatable bonds is 3. The summed E-state index contributed by atoms with van der Waals surface area (Å²) in [5.41, 5.74) is 1.09. The van der Waals surface area contributed by atoms with E-state index in [2.05, 4.69) is 4.98 Å². The van der Waals surface area contributed by atoms with Gasteiger partial charge in [-0.05, 0) is 31.4 Å². The lowest BCUT2D eigenvalue weighted by Gasteiger charge is -2.08. The van der Waals surface area contributed by atoms with Gasteiger partial charge < -0.3 is 9.47 Å². The summed E-state index contributed by atoms with van der Waals surface area (Å²) in [7, 11) is 1.61. The molecule has 0 aliphatic heterocycles. The fourth-order valence-corrected chi connectivity index (χ4v) is 1.13. The van der Waals surface area contributed by atoms with Crippen molar-refractivity contribution in [2.24, 2.45) is 0 Å². The summed E-state index contributed by atoms with van der Waals surface area (Å²) in [4.78, 5) is 4.13. The minimum Gasteiger partial charge on any atom is -0.485 e. The van der Waals surface area contributed by atoms with Crippen LogP contribution in [-0.4, -0.2) is 18.2 Å². The first-order chi connectivity index (χ1) is 6.29. The molecule has 0 unspecified atom stereocenters.